The largest absolute Gasteiger partial charge is 0.322 e. The van der Waals surface area contributed by atoms with Gasteiger partial charge in [0.15, 0.2) is 17.3 Å². The minimum Gasteiger partial charge on any atom is -0.322 e. The van der Waals surface area contributed by atoms with Gasteiger partial charge < -0.3 is 5.32 Å². The highest BCUT2D eigenvalue weighted by Gasteiger charge is 2.47. The van der Waals surface area contributed by atoms with E-state index in [4.69, 9.17) is 0 Å². The van der Waals surface area contributed by atoms with Gasteiger partial charge in [0.05, 0.1) is 11.6 Å². The Hall–Kier alpha value is -2.56. The van der Waals surface area contributed by atoms with Gasteiger partial charge in [0.25, 0.3) is 0 Å². The topological polar surface area (TPSA) is 80.3 Å². The number of hydrogen-bond donors (Lipinski definition) is 1. The molecule has 0 saturated heterocycles. The van der Waals surface area contributed by atoms with Crippen LogP contribution in [0, 0.1) is 11.8 Å². The molecule has 0 unspecified atom stereocenters. The van der Waals surface area contributed by atoms with E-state index in [0.29, 0.717) is 5.56 Å². The average molecular weight is 283 g/mol. The van der Waals surface area contributed by atoms with E-state index in [2.05, 4.69) is 5.32 Å². The van der Waals surface area contributed by atoms with Crippen LogP contribution in [-0.4, -0.2) is 23.3 Å². The summed E-state index contributed by atoms with van der Waals surface area (Å²) in [7, 11) is 0. The monoisotopic (exact) mass is 283 g/mol. The Bertz CT molecular complexity index is 744. The molecule has 1 aromatic rings. The minimum absolute atomic E-state index is 0.0454. The van der Waals surface area contributed by atoms with E-state index >= 15 is 0 Å². The lowest BCUT2D eigenvalue weighted by atomic mass is 9.69. The van der Waals surface area contributed by atoms with Crippen LogP contribution < -0.4 is 5.32 Å². The van der Waals surface area contributed by atoms with Gasteiger partial charge in [-0.15, -0.1) is 0 Å². The zero-order chi connectivity index (χ0) is 15.3. The lowest BCUT2D eigenvalue weighted by Crippen LogP contribution is -2.48. The molecule has 1 aliphatic carbocycles. The Kier molecular flexibility index (Phi) is 2.86. The van der Waals surface area contributed by atoms with Gasteiger partial charge in [0.2, 0.25) is 5.91 Å². The number of hydrogen-bond acceptors (Lipinski definition) is 4. The highest BCUT2D eigenvalue weighted by molar-refractivity contribution is 6.27. The van der Waals surface area contributed by atoms with Crippen LogP contribution in [0.25, 0.3) is 0 Å². The first-order chi connectivity index (χ1) is 9.93. The fourth-order valence-electron chi connectivity index (χ4n) is 2.96. The molecule has 0 bridgehead atoms. The third-order valence-corrected chi connectivity index (χ3v) is 4.06. The maximum absolute atomic E-state index is 12.6. The van der Waals surface area contributed by atoms with Gasteiger partial charge in [0, 0.05) is 29.5 Å². The number of carbonyl (C=O) groups excluding carboxylic acids is 4. The number of ketones is 3. The minimum atomic E-state index is -0.875. The molecule has 2 aliphatic rings. The van der Waals surface area contributed by atoms with E-state index in [1.807, 2.05) is 0 Å². The quantitative estimate of drug-likeness (QED) is 0.842. The van der Waals surface area contributed by atoms with Crippen molar-refractivity contribution in [2.75, 3.05) is 0 Å². The third-order valence-electron chi connectivity index (χ3n) is 4.06. The predicted octanol–water partition coefficient (Wildman–Crippen LogP) is 1.29. The summed E-state index contributed by atoms with van der Waals surface area (Å²) in [5.74, 6) is -3.01. The molecular formula is C16H13NO4. The standard InChI is InChI=1S/C16H13NO4/c1-7-11-12(13(8(2)18)17-16(7)21)15(20)10-6-4-3-5-9(10)14(11)19/h3-7,11H,1-2H3,(H,17,21)/t7-,11+/m0/s1. The van der Waals surface area contributed by atoms with Gasteiger partial charge in [-0.05, 0) is 0 Å². The Labute approximate surface area is 121 Å². The predicted molar refractivity (Wildman–Crippen MR) is 73.6 cm³/mol. The second-order valence-corrected chi connectivity index (χ2v) is 5.34. The second kappa shape index (κ2) is 4.48. The number of amides is 1. The van der Waals surface area contributed by atoms with Crippen molar-refractivity contribution in [3.63, 3.8) is 0 Å². The lowest BCUT2D eigenvalue weighted by Gasteiger charge is -2.34. The van der Waals surface area contributed by atoms with Crippen LogP contribution in [0.3, 0.4) is 0 Å². The van der Waals surface area contributed by atoms with Crippen molar-refractivity contribution < 1.29 is 19.2 Å². The van der Waals surface area contributed by atoms with Crippen molar-refractivity contribution in [1.29, 1.82) is 0 Å². The van der Waals surface area contributed by atoms with Crippen LogP contribution in [0.4, 0.5) is 0 Å². The summed E-state index contributed by atoms with van der Waals surface area (Å²) in [5, 5.41) is 2.46. The van der Waals surface area contributed by atoms with Crippen LogP contribution in [0.5, 0.6) is 0 Å². The van der Waals surface area contributed by atoms with Crippen molar-refractivity contribution in [2.24, 2.45) is 11.8 Å². The fraction of sp³-hybridized carbons (Fsp3) is 0.250. The van der Waals surface area contributed by atoms with Gasteiger partial charge in [-0.3, -0.25) is 19.2 Å². The van der Waals surface area contributed by atoms with Gasteiger partial charge in [-0.2, -0.15) is 0 Å². The van der Waals surface area contributed by atoms with Gasteiger partial charge in [-0.25, -0.2) is 0 Å². The molecule has 0 fully saturated rings. The summed E-state index contributed by atoms with van der Waals surface area (Å²) in [6.07, 6.45) is 0. The highest BCUT2D eigenvalue weighted by Crippen LogP contribution is 2.38. The highest BCUT2D eigenvalue weighted by atomic mass is 16.2. The smallest absolute Gasteiger partial charge is 0.228 e. The van der Waals surface area contributed by atoms with Crippen LogP contribution in [0.1, 0.15) is 34.6 Å². The van der Waals surface area contributed by atoms with Crippen molar-refractivity contribution in [3.05, 3.63) is 46.7 Å². The van der Waals surface area contributed by atoms with Crippen LogP contribution in [0.2, 0.25) is 0 Å². The molecule has 5 nitrogen and oxygen atoms in total. The van der Waals surface area contributed by atoms with Gasteiger partial charge in [0.1, 0.15) is 0 Å². The Morgan fingerprint density at radius 3 is 2.33 bits per heavy atom. The number of allylic oxidation sites excluding steroid dienone is 2. The second-order valence-electron chi connectivity index (χ2n) is 5.34. The maximum Gasteiger partial charge on any atom is 0.228 e. The zero-order valence-electron chi connectivity index (χ0n) is 11.6. The molecule has 3 rings (SSSR count). The zero-order valence-corrected chi connectivity index (χ0v) is 11.6. The molecule has 2 atom stereocenters. The summed E-state index contributed by atoms with van der Waals surface area (Å²) >= 11 is 0. The Balaban J connectivity index is 2.32. The summed E-state index contributed by atoms with van der Waals surface area (Å²) in [6.45, 7) is 2.87. The molecule has 106 valence electrons. The van der Waals surface area contributed by atoms with Crippen molar-refractivity contribution in [3.8, 4) is 0 Å². The molecule has 1 aliphatic heterocycles. The van der Waals surface area contributed by atoms with E-state index in [9.17, 15) is 19.2 Å². The molecule has 0 saturated carbocycles. The molecule has 21 heavy (non-hydrogen) atoms. The molecule has 1 amide bonds. The first-order valence-electron chi connectivity index (χ1n) is 6.67. The molecule has 5 heteroatoms. The lowest BCUT2D eigenvalue weighted by molar-refractivity contribution is -0.127. The van der Waals surface area contributed by atoms with Crippen LogP contribution in [-0.2, 0) is 9.59 Å². The first kappa shape index (κ1) is 13.4. The normalized spacial score (nSPS) is 24.4. The Morgan fingerprint density at radius 1 is 1.10 bits per heavy atom. The summed E-state index contributed by atoms with van der Waals surface area (Å²) < 4.78 is 0. The molecule has 0 spiro atoms. The van der Waals surface area contributed by atoms with Crippen molar-refractivity contribution in [2.45, 2.75) is 13.8 Å². The molecule has 1 aromatic carbocycles. The summed E-state index contributed by atoms with van der Waals surface area (Å²) in [6, 6.07) is 6.50. The van der Waals surface area contributed by atoms with Crippen LogP contribution >= 0.6 is 0 Å². The number of fused-ring (bicyclic) bond motifs is 2. The number of benzene rings is 1. The number of carbonyl (C=O) groups is 4. The van der Waals surface area contributed by atoms with E-state index < -0.39 is 23.5 Å². The molecule has 0 aromatic heterocycles. The number of Topliss-reactive ketones (excluding diaryl/α,β-unsaturated/α-hetero) is 3. The van der Waals surface area contributed by atoms with Gasteiger partial charge >= 0.3 is 0 Å². The van der Waals surface area contributed by atoms with E-state index in [1.54, 1.807) is 31.2 Å². The SMILES string of the molecule is CC(=O)C1=C2C(=O)c3ccccc3C(=O)[C@@H]2[C@H](C)C(=O)N1. The molecular weight excluding hydrogens is 270 g/mol. The summed E-state index contributed by atoms with van der Waals surface area (Å²) in [4.78, 5) is 49.0. The van der Waals surface area contributed by atoms with Gasteiger partial charge in [-0.1, -0.05) is 31.2 Å². The molecule has 0 radical (unpaired) electrons. The van der Waals surface area contributed by atoms with Crippen molar-refractivity contribution in [1.82, 2.24) is 5.32 Å². The first-order valence-corrected chi connectivity index (χ1v) is 6.67. The van der Waals surface area contributed by atoms with E-state index in [-0.39, 0.29) is 28.4 Å². The Morgan fingerprint density at radius 2 is 1.71 bits per heavy atom. The fourth-order valence-corrected chi connectivity index (χ4v) is 2.96. The van der Waals surface area contributed by atoms with E-state index in [1.165, 1.54) is 6.92 Å². The van der Waals surface area contributed by atoms with Crippen molar-refractivity contribution >= 4 is 23.3 Å². The number of rotatable bonds is 1. The molecule has 1 N–H and O–H groups in total. The average Bonchev–Trinajstić information content (AvgIpc) is 2.47. The third kappa shape index (κ3) is 1.77. The molecule has 1 heterocycles. The number of nitrogens with one attached hydrogen (secondary N) is 1. The van der Waals surface area contributed by atoms with E-state index in [0.717, 1.165) is 0 Å². The van der Waals surface area contributed by atoms with Crippen LogP contribution in [0.15, 0.2) is 35.5 Å². The maximum atomic E-state index is 12.6. The summed E-state index contributed by atoms with van der Waals surface area (Å²) in [5.41, 5.74) is 0.686.